The minimum absolute atomic E-state index is 0.232. The Morgan fingerprint density at radius 2 is 2.12 bits per heavy atom. The summed E-state index contributed by atoms with van der Waals surface area (Å²) in [4.78, 5) is 0. The standard InChI is InChI=1S/C12H13F3O/c1-8-4-2-5-9(11(8)13)12(14,15)10-6-3-7-16-10/h2,4-5,10H,3,6-7H2,1H3. The van der Waals surface area contributed by atoms with Gasteiger partial charge in [-0.05, 0) is 31.4 Å². The Kier molecular flexibility index (Phi) is 2.93. The van der Waals surface area contributed by atoms with E-state index in [2.05, 4.69) is 0 Å². The van der Waals surface area contributed by atoms with E-state index in [0.717, 1.165) is 6.07 Å². The third-order valence-electron chi connectivity index (χ3n) is 2.88. The summed E-state index contributed by atoms with van der Waals surface area (Å²) in [6, 6.07) is 4.05. The monoisotopic (exact) mass is 230 g/mol. The van der Waals surface area contributed by atoms with E-state index in [1.54, 1.807) is 0 Å². The van der Waals surface area contributed by atoms with Gasteiger partial charge in [-0.3, -0.25) is 0 Å². The zero-order valence-corrected chi connectivity index (χ0v) is 8.97. The molecule has 16 heavy (non-hydrogen) atoms. The number of hydrogen-bond donors (Lipinski definition) is 0. The Morgan fingerprint density at radius 1 is 1.38 bits per heavy atom. The molecule has 0 aromatic heterocycles. The summed E-state index contributed by atoms with van der Waals surface area (Å²) in [7, 11) is 0. The van der Waals surface area contributed by atoms with Gasteiger partial charge in [-0.1, -0.05) is 12.1 Å². The van der Waals surface area contributed by atoms with Crippen LogP contribution in [0.2, 0.25) is 0 Å². The van der Waals surface area contributed by atoms with Gasteiger partial charge in [-0.25, -0.2) is 4.39 Å². The van der Waals surface area contributed by atoms with Gasteiger partial charge in [0.15, 0.2) is 0 Å². The number of benzene rings is 1. The highest BCUT2D eigenvalue weighted by atomic mass is 19.3. The molecule has 1 aliphatic rings. The van der Waals surface area contributed by atoms with E-state index < -0.39 is 23.4 Å². The zero-order chi connectivity index (χ0) is 11.8. The second-order valence-corrected chi connectivity index (χ2v) is 4.06. The molecular formula is C12H13F3O. The summed E-state index contributed by atoms with van der Waals surface area (Å²) in [5, 5.41) is 0. The van der Waals surface area contributed by atoms with Crippen LogP contribution < -0.4 is 0 Å². The van der Waals surface area contributed by atoms with Gasteiger partial charge in [0.2, 0.25) is 0 Å². The van der Waals surface area contributed by atoms with E-state index >= 15 is 0 Å². The Bertz CT molecular complexity index is 384. The lowest BCUT2D eigenvalue weighted by Gasteiger charge is -2.23. The van der Waals surface area contributed by atoms with Gasteiger partial charge in [0.1, 0.15) is 11.9 Å². The van der Waals surface area contributed by atoms with Crippen molar-refractivity contribution >= 4 is 0 Å². The van der Waals surface area contributed by atoms with Crippen molar-refractivity contribution in [3.8, 4) is 0 Å². The molecule has 1 fully saturated rings. The second kappa shape index (κ2) is 4.09. The summed E-state index contributed by atoms with van der Waals surface area (Å²) in [6.45, 7) is 1.80. The molecule has 1 aliphatic heterocycles. The molecule has 2 rings (SSSR count). The first-order valence-corrected chi connectivity index (χ1v) is 5.28. The molecule has 1 heterocycles. The summed E-state index contributed by atoms with van der Waals surface area (Å²) in [5.74, 6) is -4.07. The topological polar surface area (TPSA) is 9.23 Å². The fraction of sp³-hybridized carbons (Fsp3) is 0.500. The number of ether oxygens (including phenoxy) is 1. The minimum atomic E-state index is -3.24. The molecule has 1 unspecified atom stereocenters. The van der Waals surface area contributed by atoms with E-state index in [9.17, 15) is 13.2 Å². The quantitative estimate of drug-likeness (QED) is 0.756. The van der Waals surface area contributed by atoms with Crippen molar-refractivity contribution in [3.05, 3.63) is 35.1 Å². The number of alkyl halides is 2. The lowest BCUT2D eigenvalue weighted by molar-refractivity contribution is -0.124. The van der Waals surface area contributed by atoms with Crippen molar-refractivity contribution in [1.29, 1.82) is 0 Å². The smallest absolute Gasteiger partial charge is 0.301 e. The maximum atomic E-state index is 13.9. The van der Waals surface area contributed by atoms with E-state index in [-0.39, 0.29) is 12.0 Å². The predicted octanol–water partition coefficient (Wildman–Crippen LogP) is 3.40. The van der Waals surface area contributed by atoms with Crippen molar-refractivity contribution in [3.63, 3.8) is 0 Å². The van der Waals surface area contributed by atoms with Crippen LogP contribution in [0.25, 0.3) is 0 Å². The molecule has 1 aromatic rings. The van der Waals surface area contributed by atoms with Gasteiger partial charge < -0.3 is 4.74 Å². The predicted molar refractivity (Wildman–Crippen MR) is 54.0 cm³/mol. The number of hydrogen-bond acceptors (Lipinski definition) is 1. The van der Waals surface area contributed by atoms with E-state index in [0.29, 0.717) is 13.0 Å². The van der Waals surface area contributed by atoms with Gasteiger partial charge in [-0.15, -0.1) is 0 Å². The van der Waals surface area contributed by atoms with Crippen LogP contribution in [0.15, 0.2) is 18.2 Å². The maximum Gasteiger partial charge on any atom is 0.301 e. The summed E-state index contributed by atoms with van der Waals surface area (Å²) in [6.07, 6.45) is -0.308. The highest BCUT2D eigenvalue weighted by Crippen LogP contribution is 2.39. The number of halogens is 3. The minimum Gasteiger partial charge on any atom is -0.372 e. The number of aryl methyl sites for hydroxylation is 1. The Labute approximate surface area is 92.2 Å². The third-order valence-corrected chi connectivity index (χ3v) is 2.88. The molecule has 1 saturated heterocycles. The lowest BCUT2D eigenvalue weighted by Crippen LogP contribution is -2.31. The fourth-order valence-corrected chi connectivity index (χ4v) is 1.94. The molecule has 0 radical (unpaired) electrons. The number of rotatable bonds is 2. The van der Waals surface area contributed by atoms with Crippen LogP contribution in [0.5, 0.6) is 0 Å². The molecule has 0 aliphatic carbocycles. The van der Waals surface area contributed by atoms with Gasteiger partial charge in [0.25, 0.3) is 0 Å². The molecule has 0 N–H and O–H groups in total. The van der Waals surface area contributed by atoms with Crippen molar-refractivity contribution in [1.82, 2.24) is 0 Å². The van der Waals surface area contributed by atoms with Crippen LogP contribution in [0.3, 0.4) is 0 Å². The first-order chi connectivity index (χ1) is 7.53. The largest absolute Gasteiger partial charge is 0.372 e. The molecule has 1 atom stereocenters. The molecule has 88 valence electrons. The summed E-state index contributed by atoms with van der Waals surface area (Å²) in [5.41, 5.74) is -0.324. The van der Waals surface area contributed by atoms with Crippen LogP contribution in [0, 0.1) is 12.7 Å². The maximum absolute atomic E-state index is 13.9. The Hall–Kier alpha value is -1.03. The van der Waals surface area contributed by atoms with Gasteiger partial charge in [0, 0.05) is 6.61 Å². The van der Waals surface area contributed by atoms with Crippen LogP contribution in [-0.4, -0.2) is 12.7 Å². The molecule has 0 spiro atoms. The fourth-order valence-electron chi connectivity index (χ4n) is 1.94. The van der Waals surface area contributed by atoms with Crippen LogP contribution >= 0.6 is 0 Å². The highest BCUT2D eigenvalue weighted by Gasteiger charge is 2.45. The van der Waals surface area contributed by atoms with E-state index in [4.69, 9.17) is 4.74 Å². The summed E-state index contributed by atoms with van der Waals surface area (Å²) < 4.78 is 46.4. The Balaban J connectivity index is 2.38. The van der Waals surface area contributed by atoms with E-state index in [1.807, 2.05) is 0 Å². The average molecular weight is 230 g/mol. The van der Waals surface area contributed by atoms with E-state index in [1.165, 1.54) is 19.1 Å². The zero-order valence-electron chi connectivity index (χ0n) is 8.97. The molecule has 4 heteroatoms. The first-order valence-electron chi connectivity index (χ1n) is 5.28. The van der Waals surface area contributed by atoms with Crippen LogP contribution in [-0.2, 0) is 10.7 Å². The molecule has 1 aromatic carbocycles. The van der Waals surface area contributed by atoms with Crippen LogP contribution in [0.4, 0.5) is 13.2 Å². The second-order valence-electron chi connectivity index (χ2n) is 4.06. The molecule has 0 amide bonds. The van der Waals surface area contributed by atoms with Crippen molar-refractivity contribution in [2.45, 2.75) is 31.8 Å². The van der Waals surface area contributed by atoms with Crippen molar-refractivity contribution < 1.29 is 17.9 Å². The molecule has 1 nitrogen and oxygen atoms in total. The first kappa shape index (κ1) is 11.5. The van der Waals surface area contributed by atoms with Crippen molar-refractivity contribution in [2.75, 3.05) is 6.61 Å². The van der Waals surface area contributed by atoms with Gasteiger partial charge >= 0.3 is 5.92 Å². The molecule has 0 bridgehead atoms. The summed E-state index contributed by atoms with van der Waals surface area (Å²) >= 11 is 0. The normalized spacial score (nSPS) is 21.4. The highest BCUT2D eigenvalue weighted by molar-refractivity contribution is 5.29. The van der Waals surface area contributed by atoms with Crippen molar-refractivity contribution in [2.24, 2.45) is 0 Å². The third kappa shape index (κ3) is 1.82. The van der Waals surface area contributed by atoms with Gasteiger partial charge in [0.05, 0.1) is 5.56 Å². The Morgan fingerprint density at radius 3 is 2.75 bits per heavy atom. The molecule has 0 saturated carbocycles. The van der Waals surface area contributed by atoms with Crippen LogP contribution in [0.1, 0.15) is 24.0 Å². The molecular weight excluding hydrogens is 217 g/mol. The lowest BCUT2D eigenvalue weighted by atomic mass is 9.99. The van der Waals surface area contributed by atoms with Gasteiger partial charge in [-0.2, -0.15) is 8.78 Å². The SMILES string of the molecule is Cc1cccc(C(F)(F)C2CCCO2)c1F. The average Bonchev–Trinajstić information content (AvgIpc) is 2.75.